The first-order valence-corrected chi connectivity index (χ1v) is 8.03. The molecule has 0 saturated carbocycles. The third-order valence-electron chi connectivity index (χ3n) is 3.60. The lowest BCUT2D eigenvalue weighted by atomic mass is 10.0. The maximum absolute atomic E-state index is 12.8. The molecule has 0 aliphatic rings. The Bertz CT molecular complexity index is 563. The van der Waals surface area contributed by atoms with Crippen molar-refractivity contribution >= 4 is 5.97 Å². The fraction of sp³-hybridized carbons (Fsp3) is 0.588. The van der Waals surface area contributed by atoms with Crippen LogP contribution in [0.3, 0.4) is 0 Å². The van der Waals surface area contributed by atoms with Crippen LogP contribution in [0.4, 0.5) is 26.3 Å². The Balaban J connectivity index is 2.71. The normalized spacial score (nSPS) is 12.3. The fourth-order valence-electron chi connectivity index (χ4n) is 2.28. The van der Waals surface area contributed by atoms with Crippen molar-refractivity contribution in [1.82, 2.24) is 0 Å². The molecule has 0 heterocycles. The second-order valence-electron chi connectivity index (χ2n) is 5.66. The summed E-state index contributed by atoms with van der Waals surface area (Å²) >= 11 is 0. The van der Waals surface area contributed by atoms with Crippen molar-refractivity contribution < 1.29 is 35.9 Å². The summed E-state index contributed by atoms with van der Waals surface area (Å²) in [5.74, 6) is -1.06. The van der Waals surface area contributed by atoms with Crippen LogP contribution >= 0.6 is 0 Å². The zero-order chi connectivity index (χ0) is 19.1. The first kappa shape index (κ1) is 21.3. The number of rotatable bonds is 8. The monoisotopic (exact) mass is 370 g/mol. The summed E-state index contributed by atoms with van der Waals surface area (Å²) < 4.78 is 81.3. The minimum Gasteiger partial charge on any atom is -0.462 e. The molecule has 0 bridgehead atoms. The zero-order valence-electron chi connectivity index (χ0n) is 13.8. The van der Waals surface area contributed by atoms with E-state index in [4.69, 9.17) is 4.74 Å². The Morgan fingerprint density at radius 1 is 0.880 bits per heavy atom. The molecule has 0 radical (unpaired) electrons. The van der Waals surface area contributed by atoms with Crippen molar-refractivity contribution in [3.8, 4) is 0 Å². The van der Waals surface area contributed by atoms with E-state index in [1.165, 1.54) is 0 Å². The van der Waals surface area contributed by atoms with Crippen LogP contribution in [0.15, 0.2) is 18.2 Å². The molecular formula is C17H20F6O2. The summed E-state index contributed by atoms with van der Waals surface area (Å²) in [7, 11) is 0. The number of unbranched alkanes of at least 4 members (excludes halogenated alkanes) is 5. The number of benzene rings is 1. The standard InChI is InChI=1S/C17H20F6O2/c1-2-3-4-5-6-7-10-25-15(24)12-8-9-13(16(18,19)20)14(11-12)17(21,22)23/h8-9,11H,2-7,10H2,1H3. The number of hydrogen-bond donors (Lipinski definition) is 0. The average molecular weight is 370 g/mol. The number of carbonyl (C=O) groups excluding carboxylic acids is 1. The van der Waals surface area contributed by atoms with Crippen LogP contribution in [0.2, 0.25) is 0 Å². The summed E-state index contributed by atoms with van der Waals surface area (Å²) in [6.07, 6.45) is -4.80. The maximum atomic E-state index is 12.8. The van der Waals surface area contributed by atoms with Gasteiger partial charge in [-0.2, -0.15) is 26.3 Å². The number of alkyl halides is 6. The van der Waals surface area contributed by atoms with Crippen molar-refractivity contribution in [2.45, 2.75) is 57.8 Å². The van der Waals surface area contributed by atoms with E-state index in [0.717, 1.165) is 32.1 Å². The van der Waals surface area contributed by atoms with Crippen LogP contribution in [0, 0.1) is 0 Å². The van der Waals surface area contributed by atoms with E-state index in [-0.39, 0.29) is 18.7 Å². The van der Waals surface area contributed by atoms with Crippen molar-refractivity contribution in [3.63, 3.8) is 0 Å². The fourth-order valence-corrected chi connectivity index (χ4v) is 2.28. The highest BCUT2D eigenvalue weighted by Gasteiger charge is 2.43. The molecule has 0 spiro atoms. The van der Waals surface area contributed by atoms with E-state index >= 15 is 0 Å². The van der Waals surface area contributed by atoms with Gasteiger partial charge in [-0.25, -0.2) is 4.79 Å². The Morgan fingerprint density at radius 2 is 1.44 bits per heavy atom. The molecule has 0 N–H and O–H groups in total. The molecule has 1 aromatic rings. The molecule has 0 aliphatic heterocycles. The predicted molar refractivity (Wildman–Crippen MR) is 80.1 cm³/mol. The van der Waals surface area contributed by atoms with E-state index in [1.807, 2.05) is 0 Å². The van der Waals surface area contributed by atoms with Crippen LogP contribution < -0.4 is 0 Å². The Kier molecular flexibility index (Phi) is 7.76. The van der Waals surface area contributed by atoms with E-state index in [9.17, 15) is 31.1 Å². The van der Waals surface area contributed by atoms with Gasteiger partial charge >= 0.3 is 18.3 Å². The number of ether oxygens (including phenoxy) is 1. The SMILES string of the molecule is CCCCCCCCOC(=O)c1ccc(C(F)(F)F)c(C(F)(F)F)c1. The number of halogens is 6. The highest BCUT2D eigenvalue weighted by molar-refractivity contribution is 5.89. The number of carbonyl (C=O) groups is 1. The quantitative estimate of drug-likeness (QED) is 0.307. The Labute approximate surface area is 142 Å². The minimum absolute atomic E-state index is 0.0212. The molecule has 8 heteroatoms. The molecule has 0 fully saturated rings. The van der Waals surface area contributed by atoms with E-state index in [2.05, 4.69) is 6.92 Å². The van der Waals surface area contributed by atoms with Crippen molar-refractivity contribution in [1.29, 1.82) is 0 Å². The predicted octanol–water partition coefficient (Wildman–Crippen LogP) is 6.24. The largest absolute Gasteiger partial charge is 0.462 e. The van der Waals surface area contributed by atoms with Gasteiger partial charge in [-0.05, 0) is 24.6 Å². The summed E-state index contributed by atoms with van der Waals surface area (Å²) in [5.41, 5.74) is -4.27. The topological polar surface area (TPSA) is 26.3 Å². The Morgan fingerprint density at radius 3 is 2.00 bits per heavy atom. The second kappa shape index (κ2) is 9.10. The molecule has 0 saturated heterocycles. The molecule has 2 nitrogen and oxygen atoms in total. The summed E-state index contributed by atoms with van der Waals surface area (Å²) in [6.45, 7) is 2.09. The van der Waals surface area contributed by atoms with Gasteiger partial charge in [-0.3, -0.25) is 0 Å². The lowest BCUT2D eigenvalue weighted by Crippen LogP contribution is -2.18. The second-order valence-corrected chi connectivity index (χ2v) is 5.66. The van der Waals surface area contributed by atoms with E-state index in [1.54, 1.807) is 0 Å². The molecule has 0 amide bonds. The van der Waals surface area contributed by atoms with Gasteiger partial charge in [0.15, 0.2) is 0 Å². The molecule has 1 rings (SSSR count). The minimum atomic E-state index is -5.22. The molecule has 0 aromatic heterocycles. The zero-order valence-corrected chi connectivity index (χ0v) is 13.8. The van der Waals surface area contributed by atoms with Gasteiger partial charge in [0.25, 0.3) is 0 Å². The van der Waals surface area contributed by atoms with Crippen LogP contribution in [0.25, 0.3) is 0 Å². The molecule has 0 aliphatic carbocycles. The van der Waals surface area contributed by atoms with Gasteiger partial charge in [-0.15, -0.1) is 0 Å². The first-order chi connectivity index (χ1) is 11.6. The van der Waals surface area contributed by atoms with Gasteiger partial charge in [0, 0.05) is 0 Å². The van der Waals surface area contributed by atoms with Crippen LogP contribution in [-0.4, -0.2) is 12.6 Å². The van der Waals surface area contributed by atoms with Gasteiger partial charge in [-0.1, -0.05) is 39.0 Å². The van der Waals surface area contributed by atoms with Crippen molar-refractivity contribution in [2.75, 3.05) is 6.61 Å². The maximum Gasteiger partial charge on any atom is 0.417 e. The molecule has 1 aromatic carbocycles. The van der Waals surface area contributed by atoms with E-state index < -0.39 is 35.0 Å². The van der Waals surface area contributed by atoms with Crippen LogP contribution in [0.1, 0.15) is 66.9 Å². The van der Waals surface area contributed by atoms with Gasteiger partial charge < -0.3 is 4.74 Å². The number of esters is 1. The molecular weight excluding hydrogens is 350 g/mol. The number of hydrogen-bond acceptors (Lipinski definition) is 2. The van der Waals surface area contributed by atoms with E-state index in [0.29, 0.717) is 12.5 Å². The van der Waals surface area contributed by atoms with Crippen molar-refractivity contribution in [3.05, 3.63) is 34.9 Å². The summed E-state index contributed by atoms with van der Waals surface area (Å²) in [6, 6.07) is 1.14. The average Bonchev–Trinajstić information content (AvgIpc) is 2.51. The van der Waals surface area contributed by atoms with Gasteiger partial charge in [0.05, 0.1) is 23.3 Å². The molecule has 25 heavy (non-hydrogen) atoms. The third-order valence-corrected chi connectivity index (χ3v) is 3.60. The summed E-state index contributed by atoms with van der Waals surface area (Å²) in [4.78, 5) is 11.7. The third kappa shape index (κ3) is 6.96. The highest BCUT2D eigenvalue weighted by atomic mass is 19.4. The smallest absolute Gasteiger partial charge is 0.417 e. The summed E-state index contributed by atoms with van der Waals surface area (Å²) in [5, 5.41) is 0. The Hall–Kier alpha value is -1.73. The van der Waals surface area contributed by atoms with Crippen LogP contribution in [0.5, 0.6) is 0 Å². The lowest BCUT2D eigenvalue weighted by Gasteiger charge is -2.16. The van der Waals surface area contributed by atoms with Gasteiger partial charge in [0.2, 0.25) is 0 Å². The first-order valence-electron chi connectivity index (χ1n) is 8.03. The van der Waals surface area contributed by atoms with Crippen LogP contribution in [-0.2, 0) is 17.1 Å². The van der Waals surface area contributed by atoms with Gasteiger partial charge in [0.1, 0.15) is 0 Å². The lowest BCUT2D eigenvalue weighted by molar-refractivity contribution is -0.162. The molecule has 142 valence electrons. The molecule has 0 atom stereocenters. The van der Waals surface area contributed by atoms with Crippen molar-refractivity contribution in [2.24, 2.45) is 0 Å². The molecule has 0 unspecified atom stereocenters. The highest BCUT2D eigenvalue weighted by Crippen LogP contribution is 2.40.